The van der Waals surface area contributed by atoms with Gasteiger partial charge < -0.3 is 9.53 Å². The maximum atomic E-state index is 10.2. The Bertz CT molecular complexity index is 92.2. The molecule has 53 valence electrons. The first-order valence-corrected chi connectivity index (χ1v) is 2.23. The molecule has 3 nitrogen and oxygen atoms in total. The van der Waals surface area contributed by atoms with E-state index in [9.17, 15) is 9.59 Å². The van der Waals surface area contributed by atoms with E-state index in [4.69, 9.17) is 0 Å². The molecule has 0 saturated carbocycles. The van der Waals surface area contributed by atoms with E-state index >= 15 is 0 Å². The molecular weight excluding hydrogens is 163 g/mol. The molecule has 0 saturated heterocycles. The third-order valence-electron chi connectivity index (χ3n) is 0.659. The van der Waals surface area contributed by atoms with Crippen molar-refractivity contribution in [1.82, 2.24) is 0 Å². The zero-order chi connectivity index (χ0) is 6.41. The molecule has 0 aromatic rings. The predicted octanol–water partition coefficient (Wildman–Crippen LogP) is 0.0468. The molecule has 0 aliphatic rings. The van der Waals surface area contributed by atoms with Gasteiger partial charge in [0.15, 0.2) is 0 Å². The van der Waals surface area contributed by atoms with Gasteiger partial charge in [0.05, 0.1) is 7.11 Å². The van der Waals surface area contributed by atoms with E-state index in [0.29, 0.717) is 0 Å². The van der Waals surface area contributed by atoms with Crippen molar-refractivity contribution in [1.29, 1.82) is 0 Å². The summed E-state index contributed by atoms with van der Waals surface area (Å²) in [4.78, 5) is 19.7. The number of ether oxygens (including phenoxy) is 1. The quantitative estimate of drug-likeness (QED) is 0.341. The average molecular weight is 170 g/mol. The minimum atomic E-state index is -0.367. The van der Waals surface area contributed by atoms with Gasteiger partial charge in [-0.15, -0.1) is 6.42 Å². The van der Waals surface area contributed by atoms with Crippen LogP contribution in [0.4, 0.5) is 0 Å². The van der Waals surface area contributed by atoms with E-state index in [0.717, 1.165) is 0 Å². The first kappa shape index (κ1) is 11.5. The zero-order valence-electron chi connectivity index (χ0n) is 5.02. The molecule has 0 aliphatic carbocycles. The van der Waals surface area contributed by atoms with Crippen molar-refractivity contribution < 1.29 is 31.4 Å². The first-order valence-electron chi connectivity index (χ1n) is 2.23. The van der Waals surface area contributed by atoms with Crippen molar-refractivity contribution in [3.8, 4) is 0 Å². The zero-order valence-corrected chi connectivity index (χ0v) is 6.20. The molecule has 0 heterocycles. The molecule has 0 rings (SSSR count). The summed E-state index contributed by atoms with van der Waals surface area (Å²) in [5.41, 5.74) is 0. The van der Waals surface area contributed by atoms with Gasteiger partial charge in [-0.05, 0) is 0 Å². The number of carbonyl (C=O) groups is 1. The Morgan fingerprint density at radius 3 is 2.56 bits per heavy atom. The number of hydrogen-bond acceptors (Lipinski definition) is 3. The molecule has 0 fully saturated rings. The van der Waals surface area contributed by atoms with Crippen molar-refractivity contribution in [2.75, 3.05) is 7.11 Å². The summed E-state index contributed by atoms with van der Waals surface area (Å²) in [5.74, 6) is -0.367. The number of rotatable bonds is 3. The Hall–Kier alpha value is -0.341. The standard InChI is InChI=1S/C5H7O3.Mn/c1-8-5(7)3-2-4-6;/h2-3H2,1H3;/q-1;. The second-order valence-corrected chi connectivity index (χ2v) is 1.22. The van der Waals surface area contributed by atoms with Gasteiger partial charge in [0, 0.05) is 23.5 Å². The molecule has 0 aromatic carbocycles. The maximum Gasteiger partial charge on any atom is 0.303 e. The van der Waals surface area contributed by atoms with Gasteiger partial charge in [0.2, 0.25) is 0 Å². The minimum absolute atomic E-state index is 0. The van der Waals surface area contributed by atoms with E-state index in [1.54, 1.807) is 6.29 Å². The second-order valence-electron chi connectivity index (χ2n) is 1.22. The van der Waals surface area contributed by atoms with E-state index in [1.165, 1.54) is 7.11 Å². The van der Waals surface area contributed by atoms with Crippen LogP contribution in [0.3, 0.4) is 0 Å². The SMILES string of the molecule is COC(=O)CC[C-]=O.[Mn]. The molecule has 0 spiro atoms. The van der Waals surface area contributed by atoms with Crippen molar-refractivity contribution >= 4 is 12.3 Å². The summed E-state index contributed by atoms with van der Waals surface area (Å²) in [7, 11) is 1.28. The van der Waals surface area contributed by atoms with Gasteiger partial charge in [0.25, 0.3) is 0 Å². The van der Waals surface area contributed by atoms with Crippen LogP contribution in [0.1, 0.15) is 12.8 Å². The van der Waals surface area contributed by atoms with E-state index in [-0.39, 0.29) is 35.9 Å². The van der Waals surface area contributed by atoms with Crippen LogP contribution in [0.2, 0.25) is 0 Å². The summed E-state index contributed by atoms with van der Waals surface area (Å²) >= 11 is 0. The predicted molar refractivity (Wildman–Crippen MR) is 26.9 cm³/mol. The van der Waals surface area contributed by atoms with Gasteiger partial charge in [-0.3, -0.25) is 11.1 Å². The first-order chi connectivity index (χ1) is 3.81. The fourth-order valence-electron chi connectivity index (χ4n) is 0.255. The summed E-state index contributed by atoms with van der Waals surface area (Å²) in [6.45, 7) is 0. The number of esters is 1. The summed E-state index contributed by atoms with van der Waals surface area (Å²) < 4.78 is 4.23. The number of carbonyl (C=O) groups excluding carboxylic acids is 2. The van der Waals surface area contributed by atoms with Gasteiger partial charge in [0.1, 0.15) is 0 Å². The van der Waals surface area contributed by atoms with Crippen LogP contribution in [-0.4, -0.2) is 19.4 Å². The topological polar surface area (TPSA) is 43.4 Å². The summed E-state index contributed by atoms with van der Waals surface area (Å²) in [6, 6.07) is 0. The fraction of sp³-hybridized carbons (Fsp3) is 0.600. The van der Waals surface area contributed by atoms with Crippen LogP contribution in [0.5, 0.6) is 0 Å². The van der Waals surface area contributed by atoms with E-state index < -0.39 is 0 Å². The Labute approximate surface area is 64.2 Å². The number of methoxy groups -OCH3 is 1. The van der Waals surface area contributed by atoms with Crippen molar-refractivity contribution in [3.63, 3.8) is 0 Å². The van der Waals surface area contributed by atoms with Gasteiger partial charge in [-0.1, -0.05) is 0 Å². The second kappa shape index (κ2) is 7.66. The van der Waals surface area contributed by atoms with Crippen LogP contribution in [0.15, 0.2) is 0 Å². The monoisotopic (exact) mass is 170 g/mol. The van der Waals surface area contributed by atoms with Crippen LogP contribution in [0.25, 0.3) is 0 Å². The van der Waals surface area contributed by atoms with E-state index in [1.807, 2.05) is 0 Å². The third-order valence-corrected chi connectivity index (χ3v) is 0.659. The summed E-state index contributed by atoms with van der Waals surface area (Å²) in [6.07, 6.45) is 1.85. The minimum Gasteiger partial charge on any atom is -0.542 e. The van der Waals surface area contributed by atoms with Gasteiger partial charge in [-0.25, -0.2) is 0 Å². The molecule has 1 radical (unpaired) electrons. The van der Waals surface area contributed by atoms with Crippen LogP contribution in [-0.2, 0) is 31.4 Å². The van der Waals surface area contributed by atoms with Crippen molar-refractivity contribution in [2.45, 2.75) is 12.8 Å². The molecule has 9 heavy (non-hydrogen) atoms. The normalized spacial score (nSPS) is 7.22. The van der Waals surface area contributed by atoms with Crippen LogP contribution >= 0.6 is 0 Å². The summed E-state index contributed by atoms with van der Waals surface area (Å²) in [5, 5.41) is 0. The third kappa shape index (κ3) is 7.66. The molecule has 4 heteroatoms. The molecule has 0 unspecified atom stereocenters. The Morgan fingerprint density at radius 2 is 2.22 bits per heavy atom. The van der Waals surface area contributed by atoms with Crippen molar-refractivity contribution in [2.24, 2.45) is 0 Å². The molecule has 0 aromatic heterocycles. The van der Waals surface area contributed by atoms with Crippen molar-refractivity contribution in [3.05, 3.63) is 0 Å². The van der Waals surface area contributed by atoms with Gasteiger partial charge in [-0.2, -0.15) is 0 Å². The largest absolute Gasteiger partial charge is 0.542 e. The smallest absolute Gasteiger partial charge is 0.303 e. The Kier molecular flexibility index (Phi) is 9.75. The average Bonchev–Trinajstić information content (AvgIpc) is 1.83. The molecule has 0 aliphatic heterocycles. The fourth-order valence-corrected chi connectivity index (χ4v) is 0.255. The molecule has 0 bridgehead atoms. The van der Waals surface area contributed by atoms with E-state index in [2.05, 4.69) is 4.74 Å². The van der Waals surface area contributed by atoms with Crippen LogP contribution in [0, 0.1) is 0 Å². The maximum absolute atomic E-state index is 10.2. The van der Waals surface area contributed by atoms with Crippen LogP contribution < -0.4 is 0 Å². The Balaban J connectivity index is 0. The van der Waals surface area contributed by atoms with Gasteiger partial charge >= 0.3 is 5.97 Å². The molecular formula is C5H7MnO3-. The molecule has 0 amide bonds. The molecule has 0 N–H and O–H groups in total. The number of hydrogen-bond donors (Lipinski definition) is 0. The molecule has 0 atom stereocenters. The Morgan fingerprint density at radius 1 is 1.67 bits per heavy atom.